The molecule has 0 unspecified atom stereocenters. The van der Waals surface area contributed by atoms with Crippen molar-refractivity contribution in [2.45, 2.75) is 19.3 Å². The summed E-state index contributed by atoms with van der Waals surface area (Å²) < 4.78 is 11.1. The van der Waals surface area contributed by atoms with Gasteiger partial charge in [0.05, 0.1) is 22.1 Å². The Morgan fingerprint density at radius 3 is 2.78 bits per heavy atom. The number of aromatic nitrogens is 1. The van der Waals surface area contributed by atoms with Crippen LogP contribution in [-0.2, 0) is 6.42 Å². The summed E-state index contributed by atoms with van der Waals surface area (Å²) in [5.74, 6) is 0.940. The van der Waals surface area contributed by atoms with Gasteiger partial charge in [-0.25, -0.2) is 9.99 Å². The maximum atomic E-state index is 12.9. The summed E-state index contributed by atoms with van der Waals surface area (Å²) >= 11 is 12.1. The first-order chi connectivity index (χ1) is 17.5. The first-order valence-corrected chi connectivity index (χ1v) is 12.2. The van der Waals surface area contributed by atoms with Gasteiger partial charge < -0.3 is 20.5 Å². The van der Waals surface area contributed by atoms with Gasteiger partial charge in [0.1, 0.15) is 10.8 Å². The van der Waals surface area contributed by atoms with Gasteiger partial charge >= 0.3 is 0 Å². The van der Waals surface area contributed by atoms with E-state index < -0.39 is 5.91 Å². The van der Waals surface area contributed by atoms with Crippen LogP contribution < -0.4 is 25.5 Å². The lowest BCUT2D eigenvalue weighted by molar-refractivity contribution is 0.102. The fraction of sp³-hybridized carbons (Fsp3) is 0.192. The van der Waals surface area contributed by atoms with Crippen LogP contribution in [0.5, 0.6) is 11.5 Å². The predicted octanol–water partition coefficient (Wildman–Crippen LogP) is 5.25. The summed E-state index contributed by atoms with van der Waals surface area (Å²) in [5, 5.41) is 10.1. The van der Waals surface area contributed by atoms with Crippen molar-refractivity contribution in [3.63, 3.8) is 0 Å². The molecule has 3 aromatic rings. The topological polar surface area (TPSA) is 102 Å². The molecule has 2 aromatic carbocycles. The van der Waals surface area contributed by atoms with Crippen LogP contribution in [0.2, 0.25) is 10.2 Å². The number of nitrogens with zero attached hydrogens (tertiary/aromatic N) is 3. The van der Waals surface area contributed by atoms with Gasteiger partial charge in [0.25, 0.3) is 5.91 Å². The van der Waals surface area contributed by atoms with Crippen LogP contribution in [0, 0.1) is 0 Å². The van der Waals surface area contributed by atoms with E-state index in [0.717, 1.165) is 35.5 Å². The van der Waals surface area contributed by atoms with Gasteiger partial charge in [0, 0.05) is 30.3 Å². The lowest BCUT2D eigenvalue weighted by atomic mass is 9.85. The Morgan fingerprint density at radius 1 is 1.06 bits per heavy atom. The number of aryl methyl sites for hydroxylation is 1. The first-order valence-electron chi connectivity index (χ1n) is 11.4. The van der Waals surface area contributed by atoms with Crippen molar-refractivity contribution in [2.75, 3.05) is 23.7 Å². The number of fused-ring (bicyclic) bond motifs is 3. The third-order valence-corrected chi connectivity index (χ3v) is 6.90. The van der Waals surface area contributed by atoms with Gasteiger partial charge in [0.2, 0.25) is 6.79 Å². The van der Waals surface area contributed by atoms with Crippen molar-refractivity contribution in [3.05, 3.63) is 81.1 Å². The maximum Gasteiger partial charge on any atom is 0.275 e. The lowest BCUT2D eigenvalue weighted by Gasteiger charge is -2.35. The minimum absolute atomic E-state index is 0.0682. The van der Waals surface area contributed by atoms with E-state index in [1.807, 2.05) is 41.4 Å². The molecule has 0 fully saturated rings. The summed E-state index contributed by atoms with van der Waals surface area (Å²) in [6.07, 6.45) is 2.50. The molecule has 2 aliphatic heterocycles. The summed E-state index contributed by atoms with van der Waals surface area (Å²) in [5.41, 5.74) is 12.8. The number of ether oxygens (including phenoxy) is 2. The molecular formula is C26H21Cl2N5O3. The highest BCUT2D eigenvalue weighted by Gasteiger charge is 2.30. The smallest absolute Gasteiger partial charge is 0.275 e. The van der Waals surface area contributed by atoms with E-state index in [1.165, 1.54) is 17.2 Å². The molecule has 182 valence electrons. The molecule has 0 spiro atoms. The number of halogens is 2. The molecule has 3 N–H and O–H groups in total. The Balaban J connectivity index is 1.39. The van der Waals surface area contributed by atoms with Gasteiger partial charge in [-0.15, -0.1) is 0 Å². The number of anilines is 2. The number of hydrazone groups is 1. The first kappa shape index (κ1) is 22.8. The molecule has 6 rings (SSSR count). The van der Waals surface area contributed by atoms with Crippen LogP contribution in [0.1, 0.15) is 34.5 Å². The molecule has 8 nitrogen and oxygen atoms in total. The molecule has 3 heterocycles. The summed E-state index contributed by atoms with van der Waals surface area (Å²) in [6.45, 7) is 0.565. The van der Waals surface area contributed by atoms with Gasteiger partial charge in [-0.2, -0.15) is 5.10 Å². The number of rotatable bonds is 4. The number of carbonyl (C=O) groups is 1. The Morgan fingerprint density at radius 2 is 1.92 bits per heavy atom. The second-order valence-electron chi connectivity index (χ2n) is 8.64. The molecule has 36 heavy (non-hydrogen) atoms. The third kappa shape index (κ3) is 4.07. The Hall–Kier alpha value is -3.59. The van der Waals surface area contributed by atoms with Gasteiger partial charge in [-0.1, -0.05) is 29.3 Å². The van der Waals surface area contributed by atoms with Gasteiger partial charge in [0.15, 0.2) is 11.5 Å². The number of hydrogen-bond donors (Lipinski definition) is 2. The highest BCUT2D eigenvalue weighted by Crippen LogP contribution is 2.44. The average Bonchev–Trinajstić information content (AvgIpc) is 3.37. The van der Waals surface area contributed by atoms with Crippen molar-refractivity contribution in [1.29, 1.82) is 0 Å². The Bertz CT molecular complexity index is 1470. The van der Waals surface area contributed by atoms with E-state index >= 15 is 0 Å². The van der Waals surface area contributed by atoms with Crippen molar-refractivity contribution in [3.8, 4) is 11.5 Å². The van der Waals surface area contributed by atoms with Crippen molar-refractivity contribution in [2.24, 2.45) is 10.8 Å². The minimum atomic E-state index is -0.438. The normalized spacial score (nSPS) is 15.9. The van der Waals surface area contributed by atoms with E-state index in [-0.39, 0.29) is 22.7 Å². The summed E-state index contributed by atoms with van der Waals surface area (Å²) in [7, 11) is 0. The van der Waals surface area contributed by atoms with Crippen molar-refractivity contribution in [1.82, 2.24) is 4.98 Å². The molecule has 0 saturated carbocycles. The SMILES string of the molecule is NCC1=NN(c2ccc3c(c2)OCO3)C2=C(CCc3ccc(NC(=O)c4nc(Cl)ccc4Cl)cc32)C1. The van der Waals surface area contributed by atoms with Crippen LogP contribution >= 0.6 is 23.2 Å². The quantitative estimate of drug-likeness (QED) is 0.454. The predicted molar refractivity (Wildman–Crippen MR) is 140 cm³/mol. The fourth-order valence-electron chi connectivity index (χ4n) is 4.68. The van der Waals surface area contributed by atoms with Gasteiger partial charge in [-0.3, -0.25) is 4.79 Å². The van der Waals surface area contributed by atoms with Crippen LogP contribution in [0.15, 0.2) is 59.2 Å². The number of benzene rings is 2. The number of pyridine rings is 1. The zero-order valence-corrected chi connectivity index (χ0v) is 20.6. The van der Waals surface area contributed by atoms with E-state index in [4.69, 9.17) is 43.5 Å². The second kappa shape index (κ2) is 9.13. The number of nitrogens with one attached hydrogen (secondary N) is 1. The molecule has 1 aliphatic carbocycles. The van der Waals surface area contributed by atoms with E-state index in [0.29, 0.717) is 30.2 Å². The molecule has 0 radical (unpaired) electrons. The molecule has 10 heteroatoms. The van der Waals surface area contributed by atoms with Crippen molar-refractivity contribution >= 4 is 51.9 Å². The Labute approximate surface area is 217 Å². The molecule has 1 amide bonds. The highest BCUT2D eigenvalue weighted by atomic mass is 35.5. The monoisotopic (exact) mass is 521 g/mol. The zero-order valence-electron chi connectivity index (χ0n) is 19.1. The fourth-order valence-corrected chi connectivity index (χ4v) is 5.02. The number of amides is 1. The molecule has 0 atom stereocenters. The molecule has 0 bridgehead atoms. The molecular weight excluding hydrogens is 501 g/mol. The van der Waals surface area contributed by atoms with Crippen LogP contribution in [0.25, 0.3) is 5.70 Å². The second-order valence-corrected chi connectivity index (χ2v) is 9.43. The van der Waals surface area contributed by atoms with Crippen LogP contribution in [-0.4, -0.2) is 29.9 Å². The van der Waals surface area contributed by atoms with Crippen LogP contribution in [0.4, 0.5) is 11.4 Å². The van der Waals surface area contributed by atoms with Crippen LogP contribution in [0.3, 0.4) is 0 Å². The number of allylic oxidation sites excluding steroid dienone is 1. The Kier molecular flexibility index (Phi) is 5.79. The van der Waals surface area contributed by atoms with E-state index in [1.54, 1.807) is 6.07 Å². The summed E-state index contributed by atoms with van der Waals surface area (Å²) in [4.78, 5) is 17.0. The zero-order chi connectivity index (χ0) is 24.8. The largest absolute Gasteiger partial charge is 0.454 e. The summed E-state index contributed by atoms with van der Waals surface area (Å²) in [6, 6.07) is 14.7. The minimum Gasteiger partial charge on any atom is -0.454 e. The lowest BCUT2D eigenvalue weighted by Crippen LogP contribution is -2.30. The van der Waals surface area contributed by atoms with E-state index in [9.17, 15) is 4.79 Å². The number of carbonyl (C=O) groups excluding carboxylic acids is 1. The average molecular weight is 522 g/mol. The van der Waals surface area contributed by atoms with Crippen molar-refractivity contribution < 1.29 is 14.3 Å². The molecule has 0 saturated heterocycles. The molecule has 1 aromatic heterocycles. The van der Waals surface area contributed by atoms with E-state index in [2.05, 4.69) is 10.3 Å². The number of nitrogens with two attached hydrogens (primary N) is 1. The molecule has 3 aliphatic rings. The third-order valence-electron chi connectivity index (χ3n) is 6.39. The highest BCUT2D eigenvalue weighted by molar-refractivity contribution is 6.35. The van der Waals surface area contributed by atoms with Gasteiger partial charge in [-0.05, 0) is 60.4 Å². The number of hydrogen-bond acceptors (Lipinski definition) is 7. The standard InChI is InChI=1S/C26H21Cl2N5O3/c27-20-6-8-23(28)31-24(20)26(34)30-16-4-3-14-1-2-15-9-17(12-29)32-33(25(15)19(14)10-16)18-5-7-21-22(11-18)36-13-35-21/h3-8,10-11H,1-2,9,12-13,29H2,(H,30,34). The maximum absolute atomic E-state index is 12.9.